The van der Waals surface area contributed by atoms with Gasteiger partial charge in [0.05, 0.1) is 17.7 Å². The fourth-order valence-electron chi connectivity index (χ4n) is 4.15. The first-order valence-electron chi connectivity index (χ1n) is 10.0. The molecule has 8 nitrogen and oxygen atoms in total. The molecule has 0 saturated carbocycles. The van der Waals surface area contributed by atoms with E-state index in [-0.39, 0.29) is 30.9 Å². The number of carbonyl (C=O) groups excluding carboxylic acids is 3. The minimum atomic E-state index is -0.634. The highest BCUT2D eigenvalue weighted by Crippen LogP contribution is 2.34. The van der Waals surface area contributed by atoms with Gasteiger partial charge in [0.1, 0.15) is 11.9 Å². The fraction of sp³-hybridized carbons (Fsp3) is 0.318. The van der Waals surface area contributed by atoms with Crippen molar-refractivity contribution in [3.05, 3.63) is 52.1 Å². The van der Waals surface area contributed by atoms with Crippen molar-refractivity contribution in [2.24, 2.45) is 0 Å². The molecule has 0 aliphatic carbocycles. The number of nitrogens with zero attached hydrogens (tertiary/aromatic N) is 1. The maximum Gasteiger partial charge on any atom is 0.256 e. The number of anilines is 1. The molecule has 1 aromatic heterocycles. The summed E-state index contributed by atoms with van der Waals surface area (Å²) in [6.45, 7) is 4.09. The Labute approximate surface area is 178 Å². The summed E-state index contributed by atoms with van der Waals surface area (Å²) in [6, 6.07) is 3.45. The Morgan fingerprint density at radius 2 is 2.13 bits per heavy atom. The van der Waals surface area contributed by atoms with Crippen LogP contribution in [0.3, 0.4) is 0 Å². The van der Waals surface area contributed by atoms with Crippen LogP contribution in [0, 0.1) is 19.7 Å². The number of H-pyrrole nitrogens is 1. The molecule has 0 spiro atoms. The van der Waals surface area contributed by atoms with Crippen molar-refractivity contribution < 1.29 is 23.9 Å². The number of aliphatic hydroxyl groups excluding tert-OH is 1. The van der Waals surface area contributed by atoms with E-state index in [1.165, 1.54) is 23.1 Å². The zero-order valence-electron chi connectivity index (χ0n) is 17.2. The molecule has 3 heterocycles. The maximum atomic E-state index is 13.7. The van der Waals surface area contributed by atoms with E-state index in [9.17, 15) is 18.8 Å². The van der Waals surface area contributed by atoms with E-state index in [4.69, 9.17) is 5.11 Å². The number of aryl methyl sites for hydroxylation is 1. The highest BCUT2D eigenvalue weighted by atomic mass is 19.1. The van der Waals surface area contributed by atoms with Gasteiger partial charge in [-0.3, -0.25) is 14.4 Å². The first-order chi connectivity index (χ1) is 14.8. The summed E-state index contributed by atoms with van der Waals surface area (Å²) in [6.07, 6.45) is 2.08. The van der Waals surface area contributed by atoms with Crippen molar-refractivity contribution >= 4 is 35.1 Å². The van der Waals surface area contributed by atoms with Crippen molar-refractivity contribution in [2.45, 2.75) is 26.3 Å². The van der Waals surface area contributed by atoms with Crippen LogP contribution in [0.4, 0.5) is 10.1 Å². The molecular weight excluding hydrogens is 403 g/mol. The molecule has 2 aliphatic heterocycles. The van der Waals surface area contributed by atoms with Crippen LogP contribution in [0.15, 0.2) is 18.2 Å². The molecule has 1 atom stereocenters. The average molecular weight is 426 g/mol. The Morgan fingerprint density at radius 3 is 2.87 bits per heavy atom. The number of hydrogen-bond donors (Lipinski definition) is 4. The van der Waals surface area contributed by atoms with Gasteiger partial charge in [-0.1, -0.05) is 0 Å². The lowest BCUT2D eigenvalue weighted by atomic mass is 10.0. The lowest BCUT2D eigenvalue weighted by Gasteiger charge is -2.15. The number of halogens is 1. The first kappa shape index (κ1) is 20.8. The zero-order chi connectivity index (χ0) is 22.3. The van der Waals surface area contributed by atoms with Gasteiger partial charge >= 0.3 is 0 Å². The number of nitrogens with one attached hydrogen (secondary N) is 3. The van der Waals surface area contributed by atoms with E-state index in [2.05, 4.69) is 15.6 Å². The zero-order valence-corrected chi connectivity index (χ0v) is 17.2. The van der Waals surface area contributed by atoms with Crippen LogP contribution in [0.2, 0.25) is 0 Å². The lowest BCUT2D eigenvalue weighted by molar-refractivity contribution is -0.129. The van der Waals surface area contributed by atoms with Crippen molar-refractivity contribution in [1.29, 1.82) is 0 Å². The Kier molecular flexibility index (Phi) is 5.36. The highest BCUT2D eigenvalue weighted by Gasteiger charge is 2.33. The van der Waals surface area contributed by atoms with Gasteiger partial charge in [-0.25, -0.2) is 4.39 Å². The predicted octanol–water partition coefficient (Wildman–Crippen LogP) is 1.59. The third-order valence-electron chi connectivity index (χ3n) is 5.73. The summed E-state index contributed by atoms with van der Waals surface area (Å²) in [5, 5.41) is 14.5. The molecule has 4 rings (SSSR count). The number of rotatable bonds is 5. The molecular formula is C22H23FN4O4. The number of carbonyl (C=O) groups is 3. The second-order valence-electron chi connectivity index (χ2n) is 7.73. The fourth-order valence-corrected chi connectivity index (χ4v) is 4.15. The number of amides is 3. The monoisotopic (exact) mass is 426 g/mol. The number of β-amino-alcohol motifs (C(OH)–C–C–N with tert-alkyl or cyclic N) is 1. The first-order valence-corrected chi connectivity index (χ1v) is 10.0. The van der Waals surface area contributed by atoms with Crippen LogP contribution in [0.25, 0.3) is 11.6 Å². The van der Waals surface area contributed by atoms with Gasteiger partial charge in [0, 0.05) is 35.7 Å². The molecule has 2 aliphatic rings. The summed E-state index contributed by atoms with van der Waals surface area (Å²) in [7, 11) is 0. The molecule has 0 unspecified atom stereocenters. The third kappa shape index (κ3) is 3.72. The Morgan fingerprint density at radius 1 is 1.35 bits per heavy atom. The second-order valence-corrected chi connectivity index (χ2v) is 7.73. The summed E-state index contributed by atoms with van der Waals surface area (Å²) >= 11 is 0. The molecule has 2 aromatic rings. The number of aromatic nitrogens is 1. The van der Waals surface area contributed by atoms with Crippen molar-refractivity contribution in [3.63, 3.8) is 0 Å². The lowest BCUT2D eigenvalue weighted by Crippen LogP contribution is -2.42. The second kappa shape index (κ2) is 7.99. The third-order valence-corrected chi connectivity index (χ3v) is 5.73. The summed E-state index contributed by atoms with van der Waals surface area (Å²) in [5.41, 5.74) is 3.47. The van der Waals surface area contributed by atoms with Crippen LogP contribution in [0.1, 0.15) is 39.3 Å². The van der Waals surface area contributed by atoms with E-state index in [0.29, 0.717) is 52.3 Å². The van der Waals surface area contributed by atoms with Gasteiger partial charge in [0.25, 0.3) is 11.8 Å². The topological polar surface area (TPSA) is 115 Å². The van der Waals surface area contributed by atoms with E-state index < -0.39 is 11.9 Å². The van der Waals surface area contributed by atoms with Gasteiger partial charge in [-0.2, -0.15) is 0 Å². The van der Waals surface area contributed by atoms with E-state index in [1.54, 1.807) is 19.9 Å². The minimum Gasteiger partial charge on any atom is -0.395 e. The van der Waals surface area contributed by atoms with Gasteiger partial charge in [-0.15, -0.1) is 0 Å². The van der Waals surface area contributed by atoms with Crippen LogP contribution in [0.5, 0.6) is 0 Å². The van der Waals surface area contributed by atoms with Crippen LogP contribution in [-0.2, 0) is 9.59 Å². The SMILES string of the molecule is Cc1[nH]c(C=C2C(=O)Nc3ccc(F)cc32)c(C)c1C(=O)N[C@H]1CCN(CCO)C1=O. The number of likely N-dealkylation sites (tertiary alicyclic amines) is 1. The molecule has 162 valence electrons. The molecule has 0 bridgehead atoms. The molecule has 4 N–H and O–H groups in total. The largest absolute Gasteiger partial charge is 0.395 e. The van der Waals surface area contributed by atoms with Crippen molar-refractivity contribution in [1.82, 2.24) is 15.2 Å². The average Bonchev–Trinajstić information content (AvgIpc) is 3.31. The molecule has 0 radical (unpaired) electrons. The van der Waals surface area contributed by atoms with E-state index >= 15 is 0 Å². The van der Waals surface area contributed by atoms with E-state index in [1.807, 2.05) is 0 Å². The van der Waals surface area contributed by atoms with Crippen molar-refractivity contribution in [2.75, 3.05) is 25.0 Å². The van der Waals surface area contributed by atoms with Gasteiger partial charge in [0.15, 0.2) is 0 Å². The molecule has 31 heavy (non-hydrogen) atoms. The molecule has 9 heteroatoms. The Hall–Kier alpha value is -3.46. The molecule has 1 aromatic carbocycles. The van der Waals surface area contributed by atoms with Crippen LogP contribution in [-0.4, -0.2) is 58.5 Å². The van der Waals surface area contributed by atoms with Gasteiger partial charge in [-0.05, 0) is 50.1 Å². The molecule has 1 saturated heterocycles. The van der Waals surface area contributed by atoms with Crippen molar-refractivity contribution in [3.8, 4) is 0 Å². The number of hydrogen-bond acceptors (Lipinski definition) is 4. The summed E-state index contributed by atoms with van der Waals surface area (Å²) in [5.74, 6) is -1.39. The van der Waals surface area contributed by atoms with Gasteiger partial charge in [0.2, 0.25) is 5.91 Å². The minimum absolute atomic E-state index is 0.124. The summed E-state index contributed by atoms with van der Waals surface area (Å²) < 4.78 is 13.7. The number of aliphatic hydroxyl groups is 1. The number of aromatic amines is 1. The number of benzene rings is 1. The Balaban J connectivity index is 1.60. The summed E-state index contributed by atoms with van der Waals surface area (Å²) in [4.78, 5) is 42.3. The van der Waals surface area contributed by atoms with E-state index in [0.717, 1.165) is 0 Å². The quantitative estimate of drug-likeness (QED) is 0.544. The smallest absolute Gasteiger partial charge is 0.256 e. The van der Waals surface area contributed by atoms with Crippen LogP contribution < -0.4 is 10.6 Å². The highest BCUT2D eigenvalue weighted by molar-refractivity contribution is 6.34. The normalized spacial score (nSPS) is 19.2. The molecule has 1 fully saturated rings. The maximum absolute atomic E-state index is 13.7. The van der Waals surface area contributed by atoms with Crippen LogP contribution >= 0.6 is 0 Å². The van der Waals surface area contributed by atoms with Gasteiger partial charge < -0.3 is 25.6 Å². The molecule has 3 amide bonds. The standard InChI is InChI=1S/C22H23FN4O4/c1-11-18(10-15-14-9-13(23)3-4-16(14)25-20(15)29)24-12(2)19(11)21(30)26-17-5-6-27(7-8-28)22(17)31/h3-4,9-10,17,24,28H,5-8H2,1-2H3,(H,25,29)(H,26,30)/t17-/m0/s1. The predicted molar refractivity (Wildman–Crippen MR) is 113 cm³/mol. The Bertz CT molecular complexity index is 1120. The number of fused-ring (bicyclic) bond motifs is 1.